The summed E-state index contributed by atoms with van der Waals surface area (Å²) in [5, 5.41) is 0.196. The van der Waals surface area contributed by atoms with Gasteiger partial charge in [0, 0.05) is 11.8 Å². The SMILES string of the molecule is Cc1cccc(OCC(=O)NNC(=O)c2ccnc(Cl)c2)c1. The van der Waals surface area contributed by atoms with Gasteiger partial charge in [-0.25, -0.2) is 4.98 Å². The molecule has 0 bridgehead atoms. The van der Waals surface area contributed by atoms with Gasteiger partial charge in [0.15, 0.2) is 6.61 Å². The molecule has 1 heterocycles. The van der Waals surface area contributed by atoms with Crippen LogP contribution in [0.5, 0.6) is 5.75 Å². The van der Waals surface area contributed by atoms with Gasteiger partial charge in [0.05, 0.1) is 0 Å². The molecule has 0 aliphatic rings. The fourth-order valence-corrected chi connectivity index (χ4v) is 1.81. The second-order valence-electron chi connectivity index (χ2n) is 4.47. The van der Waals surface area contributed by atoms with Crippen molar-refractivity contribution in [3.8, 4) is 5.75 Å². The van der Waals surface area contributed by atoms with Gasteiger partial charge < -0.3 is 4.74 Å². The molecule has 0 atom stereocenters. The van der Waals surface area contributed by atoms with E-state index in [1.807, 2.05) is 25.1 Å². The van der Waals surface area contributed by atoms with Crippen LogP contribution in [0, 0.1) is 6.92 Å². The maximum Gasteiger partial charge on any atom is 0.276 e. The highest BCUT2D eigenvalue weighted by Gasteiger charge is 2.08. The van der Waals surface area contributed by atoms with E-state index in [-0.39, 0.29) is 11.8 Å². The third-order valence-corrected chi connectivity index (χ3v) is 2.87. The molecule has 0 aliphatic heterocycles. The first-order valence-electron chi connectivity index (χ1n) is 6.45. The van der Waals surface area contributed by atoms with Crippen LogP contribution in [0.15, 0.2) is 42.6 Å². The topological polar surface area (TPSA) is 80.3 Å². The number of nitrogens with zero attached hydrogens (tertiary/aromatic N) is 1. The molecule has 22 heavy (non-hydrogen) atoms. The molecule has 2 aromatic rings. The molecule has 2 amide bonds. The fourth-order valence-electron chi connectivity index (χ4n) is 1.63. The number of hydrogen-bond donors (Lipinski definition) is 2. The third kappa shape index (κ3) is 4.75. The van der Waals surface area contributed by atoms with Crippen molar-refractivity contribution in [2.24, 2.45) is 0 Å². The van der Waals surface area contributed by atoms with Crippen LogP contribution in [-0.4, -0.2) is 23.4 Å². The molecule has 2 rings (SSSR count). The van der Waals surface area contributed by atoms with Crippen molar-refractivity contribution < 1.29 is 14.3 Å². The lowest BCUT2D eigenvalue weighted by Crippen LogP contribution is -2.43. The average molecular weight is 320 g/mol. The van der Waals surface area contributed by atoms with Crippen molar-refractivity contribution in [2.45, 2.75) is 6.92 Å². The van der Waals surface area contributed by atoms with Crippen molar-refractivity contribution in [1.29, 1.82) is 0 Å². The second kappa shape index (κ2) is 7.42. The van der Waals surface area contributed by atoms with Gasteiger partial charge in [-0.05, 0) is 36.8 Å². The summed E-state index contributed by atoms with van der Waals surface area (Å²) in [6, 6.07) is 10.2. The Morgan fingerprint density at radius 3 is 2.77 bits per heavy atom. The van der Waals surface area contributed by atoms with E-state index in [4.69, 9.17) is 16.3 Å². The Hall–Kier alpha value is -2.60. The Morgan fingerprint density at radius 1 is 1.23 bits per heavy atom. The van der Waals surface area contributed by atoms with Crippen molar-refractivity contribution in [3.63, 3.8) is 0 Å². The maximum atomic E-state index is 11.8. The summed E-state index contributed by atoms with van der Waals surface area (Å²) < 4.78 is 5.31. The van der Waals surface area contributed by atoms with Gasteiger partial charge >= 0.3 is 0 Å². The quantitative estimate of drug-likeness (QED) is 0.666. The fraction of sp³-hybridized carbons (Fsp3) is 0.133. The Labute approximate surface area is 132 Å². The highest BCUT2D eigenvalue weighted by molar-refractivity contribution is 6.29. The molecular weight excluding hydrogens is 306 g/mol. The van der Waals surface area contributed by atoms with Gasteiger partial charge in [-0.2, -0.15) is 0 Å². The van der Waals surface area contributed by atoms with Crippen LogP contribution >= 0.6 is 11.6 Å². The molecule has 1 aromatic carbocycles. The van der Waals surface area contributed by atoms with Crippen molar-refractivity contribution in [2.75, 3.05) is 6.61 Å². The van der Waals surface area contributed by atoms with Gasteiger partial charge in [0.2, 0.25) is 0 Å². The van der Waals surface area contributed by atoms with Crippen LogP contribution in [0.2, 0.25) is 5.15 Å². The minimum absolute atomic E-state index is 0.196. The van der Waals surface area contributed by atoms with Crippen molar-refractivity contribution in [3.05, 3.63) is 58.9 Å². The van der Waals surface area contributed by atoms with Gasteiger partial charge in [-0.1, -0.05) is 23.7 Å². The zero-order chi connectivity index (χ0) is 15.9. The first kappa shape index (κ1) is 15.8. The third-order valence-electron chi connectivity index (χ3n) is 2.66. The molecule has 114 valence electrons. The lowest BCUT2D eigenvalue weighted by Gasteiger charge is -2.09. The number of halogens is 1. The van der Waals surface area contributed by atoms with Crippen LogP contribution in [0.25, 0.3) is 0 Å². The maximum absolute atomic E-state index is 11.8. The second-order valence-corrected chi connectivity index (χ2v) is 4.86. The normalized spacial score (nSPS) is 9.91. The minimum Gasteiger partial charge on any atom is -0.484 e. The summed E-state index contributed by atoms with van der Waals surface area (Å²) in [6.07, 6.45) is 1.40. The molecule has 0 spiro atoms. The van der Waals surface area contributed by atoms with Crippen LogP contribution in [-0.2, 0) is 4.79 Å². The predicted molar refractivity (Wildman–Crippen MR) is 81.5 cm³/mol. The van der Waals surface area contributed by atoms with Gasteiger partial charge in [-0.3, -0.25) is 20.4 Å². The molecule has 0 saturated heterocycles. The highest BCUT2D eigenvalue weighted by atomic mass is 35.5. The Kier molecular flexibility index (Phi) is 5.32. The van der Waals surface area contributed by atoms with E-state index in [2.05, 4.69) is 15.8 Å². The Balaban J connectivity index is 1.79. The van der Waals surface area contributed by atoms with E-state index < -0.39 is 11.8 Å². The van der Waals surface area contributed by atoms with E-state index >= 15 is 0 Å². The number of carbonyl (C=O) groups is 2. The van der Waals surface area contributed by atoms with Gasteiger partial charge in [0.25, 0.3) is 11.8 Å². The molecule has 0 radical (unpaired) electrons. The van der Waals surface area contributed by atoms with Crippen LogP contribution in [0.1, 0.15) is 15.9 Å². The molecule has 1 aromatic heterocycles. The molecule has 2 N–H and O–H groups in total. The standard InChI is InChI=1S/C15H14ClN3O3/c1-10-3-2-4-12(7-10)22-9-14(20)18-19-15(21)11-5-6-17-13(16)8-11/h2-8H,9H2,1H3,(H,18,20)(H,19,21). The molecule has 0 unspecified atom stereocenters. The highest BCUT2D eigenvalue weighted by Crippen LogP contribution is 2.11. The van der Waals surface area contributed by atoms with Gasteiger partial charge in [-0.15, -0.1) is 0 Å². The summed E-state index contributed by atoms with van der Waals surface area (Å²) in [4.78, 5) is 27.1. The van der Waals surface area contributed by atoms with E-state index in [1.54, 1.807) is 6.07 Å². The average Bonchev–Trinajstić information content (AvgIpc) is 2.50. The number of amides is 2. The summed E-state index contributed by atoms with van der Waals surface area (Å²) in [7, 11) is 0. The molecule has 6 nitrogen and oxygen atoms in total. The Morgan fingerprint density at radius 2 is 2.05 bits per heavy atom. The number of rotatable bonds is 4. The van der Waals surface area contributed by atoms with E-state index in [0.717, 1.165) is 5.56 Å². The number of carbonyl (C=O) groups excluding carboxylic acids is 2. The van der Waals surface area contributed by atoms with Gasteiger partial charge in [0.1, 0.15) is 10.9 Å². The number of hydrogen-bond acceptors (Lipinski definition) is 4. The number of nitrogens with one attached hydrogen (secondary N) is 2. The predicted octanol–water partition coefficient (Wildman–Crippen LogP) is 1.88. The summed E-state index contributed by atoms with van der Waals surface area (Å²) in [5.41, 5.74) is 5.85. The van der Waals surface area contributed by atoms with E-state index in [0.29, 0.717) is 11.3 Å². The number of ether oxygens (including phenoxy) is 1. The summed E-state index contributed by atoms with van der Waals surface area (Å²) in [5.74, 6) is -0.384. The van der Waals surface area contributed by atoms with Crippen LogP contribution < -0.4 is 15.6 Å². The summed E-state index contributed by atoms with van der Waals surface area (Å²) in [6.45, 7) is 1.72. The largest absolute Gasteiger partial charge is 0.484 e. The molecule has 7 heteroatoms. The van der Waals surface area contributed by atoms with Crippen LogP contribution in [0.3, 0.4) is 0 Å². The number of pyridine rings is 1. The minimum atomic E-state index is -0.492. The first-order valence-corrected chi connectivity index (χ1v) is 6.82. The number of aromatic nitrogens is 1. The first-order chi connectivity index (χ1) is 10.5. The zero-order valence-corrected chi connectivity index (χ0v) is 12.6. The number of hydrazine groups is 1. The number of benzene rings is 1. The molecule has 0 aliphatic carbocycles. The molecule has 0 fully saturated rings. The summed E-state index contributed by atoms with van der Waals surface area (Å²) >= 11 is 5.68. The molecule has 0 saturated carbocycles. The lowest BCUT2D eigenvalue weighted by molar-refractivity contribution is -0.123. The van der Waals surface area contributed by atoms with E-state index in [1.165, 1.54) is 18.3 Å². The Bertz CT molecular complexity index is 691. The molecular formula is C15H14ClN3O3. The lowest BCUT2D eigenvalue weighted by atomic mass is 10.2. The van der Waals surface area contributed by atoms with Crippen molar-refractivity contribution in [1.82, 2.24) is 15.8 Å². The number of aryl methyl sites for hydroxylation is 1. The monoisotopic (exact) mass is 319 g/mol. The van der Waals surface area contributed by atoms with E-state index in [9.17, 15) is 9.59 Å². The van der Waals surface area contributed by atoms with Crippen LogP contribution in [0.4, 0.5) is 0 Å². The zero-order valence-electron chi connectivity index (χ0n) is 11.8. The smallest absolute Gasteiger partial charge is 0.276 e. The van der Waals surface area contributed by atoms with Crippen molar-refractivity contribution >= 4 is 23.4 Å².